The van der Waals surface area contributed by atoms with Crippen LogP contribution in [0.2, 0.25) is 0 Å². The van der Waals surface area contributed by atoms with Crippen molar-refractivity contribution >= 4 is 35.0 Å². The van der Waals surface area contributed by atoms with Gasteiger partial charge in [-0.3, -0.25) is 0 Å². The number of halogens is 4. The summed E-state index contributed by atoms with van der Waals surface area (Å²) in [7, 11) is 0. The van der Waals surface area contributed by atoms with E-state index in [1.165, 1.54) is 18.2 Å². The van der Waals surface area contributed by atoms with Crippen LogP contribution in [0, 0.1) is 3.57 Å². The first-order valence-corrected chi connectivity index (χ1v) is 6.27. The fraction of sp³-hybridized carbons (Fsp3) is 0. The van der Waals surface area contributed by atoms with Crippen molar-refractivity contribution in [2.75, 3.05) is 0 Å². The van der Waals surface area contributed by atoms with Crippen molar-refractivity contribution in [3.05, 3.63) is 52.1 Å². The Morgan fingerprint density at radius 3 is 2.05 bits per heavy atom. The van der Waals surface area contributed by atoms with Crippen LogP contribution in [-0.2, 0) is 0 Å². The van der Waals surface area contributed by atoms with E-state index in [2.05, 4.69) is 22.6 Å². The average Bonchev–Trinajstić information content (AvgIpc) is 2.31. The molecular formula is C12H8BF3IKO. The molecule has 7 heteroatoms. The van der Waals surface area contributed by atoms with Crippen molar-refractivity contribution < 1.29 is 69.1 Å². The molecule has 2 rings (SSSR count). The summed E-state index contributed by atoms with van der Waals surface area (Å²) in [6.07, 6.45) is 0. The van der Waals surface area contributed by atoms with Gasteiger partial charge in [-0.15, -0.1) is 0 Å². The maximum Gasteiger partial charge on any atom is 1.00 e. The fourth-order valence-corrected chi connectivity index (χ4v) is 1.83. The Kier molecular flexibility index (Phi) is 6.88. The van der Waals surface area contributed by atoms with Crippen LogP contribution >= 0.6 is 22.6 Å². The summed E-state index contributed by atoms with van der Waals surface area (Å²) in [6.45, 7) is -5.07. The molecule has 0 radical (unpaired) electrons. The molecule has 0 aromatic heterocycles. The Bertz CT molecular complexity index is 545. The Morgan fingerprint density at radius 1 is 0.895 bits per heavy atom. The SMILES string of the molecule is F[B-](F)(F)c1ccccc1Oc1ccc(I)cc1.[K+]. The van der Waals surface area contributed by atoms with Crippen molar-refractivity contribution in [3.63, 3.8) is 0 Å². The normalized spacial score (nSPS) is 10.7. The van der Waals surface area contributed by atoms with Crippen molar-refractivity contribution in [2.24, 2.45) is 0 Å². The molecular weight excluding hydrogens is 394 g/mol. The van der Waals surface area contributed by atoms with E-state index in [0.29, 0.717) is 5.75 Å². The van der Waals surface area contributed by atoms with Gasteiger partial charge in [-0.25, -0.2) is 0 Å². The summed E-state index contributed by atoms with van der Waals surface area (Å²) in [6, 6.07) is 12.1. The molecule has 0 aliphatic rings. The van der Waals surface area contributed by atoms with Gasteiger partial charge in [0.05, 0.1) is 0 Å². The second kappa shape index (κ2) is 7.46. The van der Waals surface area contributed by atoms with Crippen molar-refractivity contribution in [2.45, 2.75) is 0 Å². The molecule has 0 heterocycles. The van der Waals surface area contributed by atoms with Crippen LogP contribution < -0.4 is 61.6 Å². The number of hydrogen-bond donors (Lipinski definition) is 0. The molecule has 1 nitrogen and oxygen atoms in total. The summed E-state index contributed by atoms with van der Waals surface area (Å²) < 4.78 is 44.7. The van der Waals surface area contributed by atoms with E-state index in [0.717, 1.165) is 9.64 Å². The number of ether oxygens (including phenoxy) is 1. The van der Waals surface area contributed by atoms with Crippen LogP contribution in [0.1, 0.15) is 0 Å². The van der Waals surface area contributed by atoms with E-state index in [9.17, 15) is 12.9 Å². The van der Waals surface area contributed by atoms with Crippen molar-refractivity contribution in [3.8, 4) is 11.5 Å². The Morgan fingerprint density at radius 2 is 1.47 bits per heavy atom. The van der Waals surface area contributed by atoms with E-state index in [1.54, 1.807) is 24.3 Å². The van der Waals surface area contributed by atoms with Crippen LogP contribution in [0.4, 0.5) is 12.9 Å². The third-order valence-electron chi connectivity index (χ3n) is 2.31. The Hall–Kier alpha value is 0.461. The van der Waals surface area contributed by atoms with Gasteiger partial charge >= 0.3 is 58.4 Å². The molecule has 94 valence electrons. The quantitative estimate of drug-likeness (QED) is 0.553. The largest absolute Gasteiger partial charge is 1.00 e. The second-order valence-electron chi connectivity index (χ2n) is 3.67. The van der Waals surface area contributed by atoms with Crippen LogP contribution in [-0.4, -0.2) is 6.98 Å². The van der Waals surface area contributed by atoms with Gasteiger partial charge in [0, 0.05) is 3.57 Å². The van der Waals surface area contributed by atoms with Gasteiger partial charge in [0.2, 0.25) is 0 Å². The van der Waals surface area contributed by atoms with E-state index in [4.69, 9.17) is 4.74 Å². The molecule has 0 saturated carbocycles. The van der Waals surface area contributed by atoms with Gasteiger partial charge in [0.15, 0.2) is 0 Å². The topological polar surface area (TPSA) is 9.23 Å². The minimum absolute atomic E-state index is 0. The van der Waals surface area contributed by atoms with Crippen molar-refractivity contribution in [1.82, 2.24) is 0 Å². The first-order valence-electron chi connectivity index (χ1n) is 5.19. The Balaban J connectivity index is 0.00000180. The van der Waals surface area contributed by atoms with E-state index < -0.39 is 12.4 Å². The third kappa shape index (κ3) is 5.05. The molecule has 2 aromatic carbocycles. The minimum atomic E-state index is -5.07. The molecule has 0 amide bonds. The van der Waals surface area contributed by atoms with Gasteiger partial charge in [0.1, 0.15) is 11.5 Å². The summed E-state index contributed by atoms with van der Waals surface area (Å²) in [5.41, 5.74) is -0.712. The molecule has 19 heavy (non-hydrogen) atoms. The average molecular weight is 402 g/mol. The number of rotatable bonds is 3. The molecule has 0 aliphatic carbocycles. The summed E-state index contributed by atoms with van der Waals surface area (Å²) >= 11 is 2.11. The molecule has 0 aliphatic heterocycles. The second-order valence-corrected chi connectivity index (χ2v) is 4.91. The maximum atomic E-state index is 12.8. The molecule has 0 atom stereocenters. The summed E-state index contributed by atoms with van der Waals surface area (Å²) in [5, 5.41) is 0. The van der Waals surface area contributed by atoms with E-state index in [-0.39, 0.29) is 57.1 Å². The van der Waals surface area contributed by atoms with Crippen LogP contribution in [0.15, 0.2) is 48.5 Å². The molecule has 0 bridgehead atoms. The van der Waals surface area contributed by atoms with E-state index >= 15 is 0 Å². The van der Waals surface area contributed by atoms with Crippen LogP contribution in [0.25, 0.3) is 0 Å². The number of para-hydroxylation sites is 1. The molecule has 2 aromatic rings. The van der Waals surface area contributed by atoms with Gasteiger partial charge in [-0.2, -0.15) is 0 Å². The number of hydrogen-bond acceptors (Lipinski definition) is 1. The maximum absolute atomic E-state index is 12.8. The van der Waals surface area contributed by atoms with Crippen LogP contribution in [0.5, 0.6) is 11.5 Å². The molecule has 0 saturated heterocycles. The van der Waals surface area contributed by atoms with Gasteiger partial charge in [0.25, 0.3) is 0 Å². The molecule has 0 unspecified atom stereocenters. The molecule has 0 fully saturated rings. The van der Waals surface area contributed by atoms with E-state index in [1.807, 2.05) is 0 Å². The monoisotopic (exact) mass is 402 g/mol. The zero-order valence-electron chi connectivity index (χ0n) is 10.1. The molecule has 0 spiro atoms. The predicted molar refractivity (Wildman–Crippen MR) is 74.4 cm³/mol. The predicted octanol–water partition coefficient (Wildman–Crippen LogP) is 1.14. The van der Waals surface area contributed by atoms with Crippen LogP contribution in [0.3, 0.4) is 0 Å². The Labute approximate surface area is 165 Å². The standard InChI is InChI=1S/C12H8BF3IO.K/c14-13(15,16)11-3-1-2-4-12(11)18-10-7-5-9(17)6-8-10;/h1-8H;/q-1;+1. The van der Waals surface area contributed by atoms with Gasteiger partial charge in [-0.05, 0) is 52.9 Å². The van der Waals surface area contributed by atoms with Gasteiger partial charge in [-0.1, -0.05) is 23.7 Å². The van der Waals surface area contributed by atoms with Crippen molar-refractivity contribution in [1.29, 1.82) is 0 Å². The minimum Gasteiger partial charge on any atom is -0.460 e. The fourth-order valence-electron chi connectivity index (χ4n) is 1.47. The first-order chi connectivity index (χ1) is 8.47. The third-order valence-corrected chi connectivity index (χ3v) is 3.03. The molecule has 0 N–H and O–H groups in total. The zero-order valence-corrected chi connectivity index (χ0v) is 15.4. The first kappa shape index (κ1) is 17.5. The van der Waals surface area contributed by atoms with Gasteiger partial charge < -0.3 is 17.7 Å². The zero-order chi connectivity index (χ0) is 13.2. The summed E-state index contributed by atoms with van der Waals surface area (Å²) in [4.78, 5) is 0. The smallest absolute Gasteiger partial charge is 0.460 e. The number of benzene rings is 2. The summed E-state index contributed by atoms with van der Waals surface area (Å²) in [5.74, 6) is 0.231.